The molecule has 7 heteroatoms. The summed E-state index contributed by atoms with van der Waals surface area (Å²) in [6.45, 7) is 3.58. The Labute approximate surface area is 149 Å². The zero-order chi connectivity index (χ0) is 19.2. The fraction of sp³-hybridized carbons (Fsp3) is 0.211. The average molecular weight is 365 g/mol. The molecule has 0 aliphatic rings. The molecule has 0 heterocycles. The van der Waals surface area contributed by atoms with E-state index in [1.165, 1.54) is 17.0 Å². The van der Waals surface area contributed by atoms with Crippen LogP contribution in [0.15, 0.2) is 61.2 Å². The third-order valence-electron chi connectivity index (χ3n) is 3.48. The van der Waals surface area contributed by atoms with Crippen molar-refractivity contribution in [2.75, 3.05) is 18.6 Å². The predicted octanol–water partition coefficient (Wildman–Crippen LogP) is 5.04. The van der Waals surface area contributed by atoms with Crippen LogP contribution in [0.3, 0.4) is 0 Å². The molecule has 0 aliphatic heterocycles. The number of benzene rings is 2. The van der Waals surface area contributed by atoms with Crippen molar-refractivity contribution in [3.8, 4) is 5.75 Å². The largest absolute Gasteiger partial charge is 0.489 e. The molecule has 0 aromatic heterocycles. The number of hydrogen-bond acceptors (Lipinski definition) is 3. The van der Waals surface area contributed by atoms with Crippen LogP contribution < -0.4 is 9.64 Å². The number of alkyl halides is 3. The van der Waals surface area contributed by atoms with Crippen LogP contribution in [0.2, 0.25) is 0 Å². The van der Waals surface area contributed by atoms with E-state index >= 15 is 0 Å². The van der Waals surface area contributed by atoms with E-state index in [1.54, 1.807) is 37.4 Å². The molecule has 0 atom stereocenters. The van der Waals surface area contributed by atoms with Crippen molar-refractivity contribution in [1.29, 1.82) is 0 Å². The van der Waals surface area contributed by atoms with Crippen LogP contribution in [0.1, 0.15) is 11.1 Å². The maximum absolute atomic E-state index is 12.7. The van der Waals surface area contributed by atoms with Gasteiger partial charge in [-0.25, -0.2) is 4.79 Å². The number of hydrogen-bond donors (Lipinski definition) is 0. The number of carbonyl (C=O) groups is 1. The van der Waals surface area contributed by atoms with Gasteiger partial charge in [0.15, 0.2) is 0 Å². The van der Waals surface area contributed by atoms with Crippen LogP contribution in [0.4, 0.5) is 23.7 Å². The lowest BCUT2D eigenvalue weighted by Gasteiger charge is -2.17. The summed E-state index contributed by atoms with van der Waals surface area (Å²) in [4.78, 5) is 13.1. The lowest BCUT2D eigenvalue weighted by atomic mass is 10.1. The maximum Gasteiger partial charge on any atom is 0.416 e. The zero-order valence-corrected chi connectivity index (χ0v) is 14.1. The molecule has 4 nitrogen and oxygen atoms in total. The molecule has 0 N–H and O–H groups in total. The van der Waals surface area contributed by atoms with E-state index in [9.17, 15) is 18.0 Å². The summed E-state index contributed by atoms with van der Waals surface area (Å²) in [5.41, 5.74) is 0.285. The smallest absolute Gasteiger partial charge is 0.416 e. The van der Waals surface area contributed by atoms with Gasteiger partial charge in [-0.1, -0.05) is 24.8 Å². The number of rotatable bonds is 6. The van der Waals surface area contributed by atoms with E-state index in [1.807, 2.05) is 0 Å². The van der Waals surface area contributed by atoms with E-state index in [2.05, 4.69) is 6.58 Å². The van der Waals surface area contributed by atoms with Crippen molar-refractivity contribution >= 4 is 11.8 Å². The van der Waals surface area contributed by atoms with Gasteiger partial charge in [-0.3, -0.25) is 4.90 Å². The molecular formula is C19H18F3NO3. The normalized spacial score (nSPS) is 10.9. The van der Waals surface area contributed by atoms with Gasteiger partial charge in [0.1, 0.15) is 19.0 Å². The lowest BCUT2D eigenvalue weighted by molar-refractivity contribution is -0.137. The van der Waals surface area contributed by atoms with Crippen LogP contribution >= 0.6 is 0 Å². The molecule has 0 fully saturated rings. The number of anilines is 1. The topological polar surface area (TPSA) is 38.8 Å². The Bertz CT molecular complexity index is 757. The minimum absolute atomic E-state index is 0.000479. The molecule has 2 aromatic carbocycles. The molecule has 26 heavy (non-hydrogen) atoms. The van der Waals surface area contributed by atoms with Crippen LogP contribution in [-0.4, -0.2) is 19.7 Å². The van der Waals surface area contributed by atoms with Gasteiger partial charge < -0.3 is 9.47 Å². The van der Waals surface area contributed by atoms with Crippen molar-refractivity contribution in [3.63, 3.8) is 0 Å². The van der Waals surface area contributed by atoms with Gasteiger partial charge in [0.25, 0.3) is 0 Å². The zero-order valence-electron chi connectivity index (χ0n) is 14.1. The summed E-state index contributed by atoms with van der Waals surface area (Å²) in [5.74, 6) is 0.471. The highest BCUT2D eigenvalue weighted by molar-refractivity contribution is 5.87. The van der Waals surface area contributed by atoms with Crippen molar-refractivity contribution in [2.24, 2.45) is 0 Å². The first-order chi connectivity index (χ1) is 12.3. The molecule has 0 unspecified atom stereocenters. The number of halogens is 3. The molecule has 1 amide bonds. The minimum atomic E-state index is -4.39. The third kappa shape index (κ3) is 5.27. The predicted molar refractivity (Wildman–Crippen MR) is 92.2 cm³/mol. The fourth-order valence-corrected chi connectivity index (χ4v) is 2.10. The monoisotopic (exact) mass is 365 g/mol. The van der Waals surface area contributed by atoms with Crippen LogP contribution in [-0.2, 0) is 17.5 Å². The van der Waals surface area contributed by atoms with Gasteiger partial charge >= 0.3 is 12.3 Å². The van der Waals surface area contributed by atoms with E-state index in [0.717, 1.165) is 12.1 Å². The molecule has 0 saturated heterocycles. The van der Waals surface area contributed by atoms with Crippen molar-refractivity contribution in [1.82, 2.24) is 0 Å². The van der Waals surface area contributed by atoms with E-state index in [4.69, 9.17) is 9.47 Å². The van der Waals surface area contributed by atoms with E-state index in [0.29, 0.717) is 17.0 Å². The summed E-state index contributed by atoms with van der Waals surface area (Å²) in [5, 5.41) is 0. The summed E-state index contributed by atoms with van der Waals surface area (Å²) in [7, 11) is 1.56. The Morgan fingerprint density at radius 3 is 2.50 bits per heavy atom. The second kappa shape index (κ2) is 8.42. The summed E-state index contributed by atoms with van der Waals surface area (Å²) < 4.78 is 48.5. The SMILES string of the molecule is C=CCOC(=O)N(C)c1ccc(OCc2cccc(C(F)(F)F)c2)cc1. The van der Waals surface area contributed by atoms with E-state index in [-0.39, 0.29) is 13.2 Å². The Morgan fingerprint density at radius 1 is 1.19 bits per heavy atom. The third-order valence-corrected chi connectivity index (χ3v) is 3.48. The molecule has 0 aliphatic carbocycles. The van der Waals surface area contributed by atoms with Crippen LogP contribution in [0.25, 0.3) is 0 Å². The quantitative estimate of drug-likeness (QED) is 0.673. The van der Waals surface area contributed by atoms with Crippen molar-refractivity contribution in [3.05, 3.63) is 72.3 Å². The van der Waals surface area contributed by atoms with Gasteiger partial charge in [-0.05, 0) is 42.0 Å². The van der Waals surface area contributed by atoms with Gasteiger partial charge in [0.2, 0.25) is 0 Å². The number of carbonyl (C=O) groups excluding carboxylic acids is 1. The van der Waals surface area contributed by atoms with Gasteiger partial charge in [0.05, 0.1) is 5.56 Å². The average Bonchev–Trinajstić information content (AvgIpc) is 2.64. The molecule has 2 aromatic rings. The second-order valence-corrected chi connectivity index (χ2v) is 5.41. The summed E-state index contributed by atoms with van der Waals surface area (Å²) >= 11 is 0. The van der Waals surface area contributed by atoms with Crippen LogP contribution in [0, 0.1) is 0 Å². The summed E-state index contributed by atoms with van der Waals surface area (Å²) in [6, 6.07) is 11.5. The highest BCUT2D eigenvalue weighted by Gasteiger charge is 2.30. The lowest BCUT2D eigenvalue weighted by Crippen LogP contribution is -2.26. The Kier molecular flexibility index (Phi) is 6.27. The highest BCUT2D eigenvalue weighted by Crippen LogP contribution is 2.29. The van der Waals surface area contributed by atoms with Crippen molar-refractivity contribution in [2.45, 2.75) is 12.8 Å². The summed E-state index contributed by atoms with van der Waals surface area (Å²) in [6.07, 6.45) is -3.44. The first-order valence-corrected chi connectivity index (χ1v) is 7.71. The molecule has 0 spiro atoms. The molecular weight excluding hydrogens is 347 g/mol. The number of ether oxygens (including phenoxy) is 2. The van der Waals surface area contributed by atoms with Crippen LogP contribution in [0.5, 0.6) is 5.75 Å². The molecule has 0 radical (unpaired) electrons. The Morgan fingerprint density at radius 2 is 1.88 bits per heavy atom. The Hall–Kier alpha value is -2.96. The second-order valence-electron chi connectivity index (χ2n) is 5.41. The molecule has 2 rings (SSSR count). The minimum Gasteiger partial charge on any atom is -0.489 e. The molecule has 0 saturated carbocycles. The highest BCUT2D eigenvalue weighted by atomic mass is 19.4. The first-order valence-electron chi connectivity index (χ1n) is 7.71. The fourth-order valence-electron chi connectivity index (χ4n) is 2.10. The molecule has 0 bridgehead atoms. The van der Waals surface area contributed by atoms with Crippen molar-refractivity contribution < 1.29 is 27.4 Å². The van der Waals surface area contributed by atoms with Gasteiger partial charge in [0, 0.05) is 12.7 Å². The van der Waals surface area contributed by atoms with Gasteiger partial charge in [-0.15, -0.1) is 0 Å². The van der Waals surface area contributed by atoms with E-state index < -0.39 is 17.8 Å². The first kappa shape index (κ1) is 19.4. The number of amides is 1. The number of nitrogens with zero attached hydrogens (tertiary/aromatic N) is 1. The van der Waals surface area contributed by atoms with Gasteiger partial charge in [-0.2, -0.15) is 13.2 Å². The molecule has 138 valence electrons. The Balaban J connectivity index is 1.97. The maximum atomic E-state index is 12.7. The standard InChI is InChI=1S/C19H18F3NO3/c1-3-11-25-18(24)23(2)16-7-9-17(10-8-16)26-13-14-5-4-6-15(12-14)19(20,21)22/h3-10,12H,1,11,13H2,2H3.